The lowest BCUT2D eigenvalue weighted by Crippen LogP contribution is -2.41. The molecule has 1 aliphatic carbocycles. The van der Waals surface area contributed by atoms with Gasteiger partial charge in [0.25, 0.3) is 0 Å². The number of hydrogen-bond donors (Lipinski definition) is 1. The van der Waals surface area contributed by atoms with Gasteiger partial charge in [0.15, 0.2) is 5.82 Å². The number of amides is 1. The molecule has 1 fully saturated rings. The predicted molar refractivity (Wildman–Crippen MR) is 78.1 cm³/mol. The number of nitrogens with zero attached hydrogens (tertiary/aromatic N) is 2. The summed E-state index contributed by atoms with van der Waals surface area (Å²) in [6, 6.07) is 0.307. The average Bonchev–Trinajstić information content (AvgIpc) is 2.62. The first-order chi connectivity index (χ1) is 9.49. The first kappa shape index (κ1) is 16.7. The monoisotopic (exact) mass is 283 g/mol. The minimum atomic E-state index is -0.290. The number of rotatable bonds is 4. The zero-order chi connectivity index (χ0) is 15.3. The molecule has 1 aliphatic rings. The van der Waals surface area contributed by atoms with E-state index in [0.29, 0.717) is 17.4 Å². The number of nitrogens with one attached hydrogen (secondary N) is 1. The van der Waals surface area contributed by atoms with Crippen LogP contribution in [0.2, 0.25) is 0 Å². The Kier molecular flexibility index (Phi) is 6.17. The molecule has 0 aromatic carbocycles. The zero-order valence-corrected chi connectivity index (χ0v) is 13.2. The third-order valence-corrected chi connectivity index (χ3v) is 3.40. The van der Waals surface area contributed by atoms with Gasteiger partial charge in [-0.15, -0.1) is 0 Å². The highest BCUT2D eigenvalue weighted by atomic mass is 19.1. The Morgan fingerprint density at radius 2 is 2.05 bits per heavy atom. The van der Waals surface area contributed by atoms with Crippen LogP contribution in [0.25, 0.3) is 0 Å². The highest BCUT2D eigenvalue weighted by molar-refractivity contribution is 5.76. The largest absolute Gasteiger partial charge is 0.352 e. The maximum Gasteiger partial charge on any atom is 0.241 e. The van der Waals surface area contributed by atoms with E-state index in [1.54, 1.807) is 6.92 Å². The van der Waals surface area contributed by atoms with Gasteiger partial charge in [-0.3, -0.25) is 9.48 Å². The Bertz CT molecular complexity index is 450. The Hall–Kier alpha value is -1.39. The van der Waals surface area contributed by atoms with E-state index < -0.39 is 0 Å². The van der Waals surface area contributed by atoms with Crippen LogP contribution >= 0.6 is 0 Å². The van der Waals surface area contributed by atoms with Crippen molar-refractivity contribution in [1.29, 1.82) is 0 Å². The number of halogens is 1. The van der Waals surface area contributed by atoms with Crippen LogP contribution in [0.15, 0.2) is 0 Å². The van der Waals surface area contributed by atoms with Crippen molar-refractivity contribution in [2.45, 2.75) is 72.4 Å². The van der Waals surface area contributed by atoms with Crippen LogP contribution in [0.3, 0.4) is 0 Å². The molecule has 1 N–H and O–H groups in total. The fourth-order valence-corrected chi connectivity index (χ4v) is 2.21. The number of hydrogen-bond acceptors (Lipinski definition) is 2. The Balaban J connectivity index is 0.000000956. The fourth-order valence-electron chi connectivity index (χ4n) is 2.21. The van der Waals surface area contributed by atoms with E-state index in [4.69, 9.17) is 0 Å². The quantitative estimate of drug-likeness (QED) is 0.922. The molecule has 1 amide bonds. The molecule has 1 aromatic heterocycles. The molecule has 5 heteroatoms. The van der Waals surface area contributed by atoms with Crippen LogP contribution < -0.4 is 5.32 Å². The van der Waals surface area contributed by atoms with Crippen molar-refractivity contribution in [3.63, 3.8) is 0 Å². The Morgan fingerprint density at radius 1 is 1.45 bits per heavy atom. The van der Waals surface area contributed by atoms with Gasteiger partial charge in [-0.05, 0) is 32.1 Å². The third kappa shape index (κ3) is 3.81. The molecule has 1 saturated carbocycles. The molecular weight excluding hydrogens is 257 g/mol. The van der Waals surface area contributed by atoms with Crippen LogP contribution in [0.5, 0.6) is 0 Å². The van der Waals surface area contributed by atoms with Crippen molar-refractivity contribution in [3.05, 3.63) is 17.2 Å². The number of aryl methyl sites for hydroxylation is 1. The lowest BCUT2D eigenvalue weighted by Gasteiger charge is -2.26. The smallest absolute Gasteiger partial charge is 0.241 e. The summed E-state index contributed by atoms with van der Waals surface area (Å²) in [6.07, 6.45) is 3.28. The van der Waals surface area contributed by atoms with Gasteiger partial charge in [-0.2, -0.15) is 5.10 Å². The molecular formula is C15H26FN3O. The van der Waals surface area contributed by atoms with Crippen LogP contribution in [-0.2, 0) is 11.3 Å². The van der Waals surface area contributed by atoms with Crippen molar-refractivity contribution in [3.8, 4) is 0 Å². The topological polar surface area (TPSA) is 46.9 Å². The number of carbonyl (C=O) groups is 1. The minimum Gasteiger partial charge on any atom is -0.352 e. The lowest BCUT2D eigenvalue weighted by molar-refractivity contribution is -0.123. The maximum atomic E-state index is 13.8. The van der Waals surface area contributed by atoms with E-state index in [0.717, 1.165) is 12.8 Å². The molecule has 4 nitrogen and oxygen atoms in total. The zero-order valence-electron chi connectivity index (χ0n) is 13.2. The number of carbonyl (C=O) groups excluding carboxylic acids is 1. The molecule has 1 aromatic rings. The molecule has 0 bridgehead atoms. The summed E-state index contributed by atoms with van der Waals surface area (Å²) in [7, 11) is 0. The van der Waals surface area contributed by atoms with Crippen LogP contribution in [0, 0.1) is 12.7 Å². The summed E-state index contributed by atoms with van der Waals surface area (Å²) in [5.41, 5.74) is 0.867. The number of aromatic nitrogens is 2. The summed E-state index contributed by atoms with van der Waals surface area (Å²) < 4.78 is 15.3. The van der Waals surface area contributed by atoms with Gasteiger partial charge in [0, 0.05) is 6.04 Å². The molecule has 1 heterocycles. The van der Waals surface area contributed by atoms with Gasteiger partial charge in [-0.1, -0.05) is 27.7 Å². The van der Waals surface area contributed by atoms with Crippen molar-refractivity contribution in [2.24, 2.45) is 0 Å². The van der Waals surface area contributed by atoms with Gasteiger partial charge in [0.1, 0.15) is 6.54 Å². The van der Waals surface area contributed by atoms with Crippen molar-refractivity contribution in [2.75, 3.05) is 0 Å². The van der Waals surface area contributed by atoms with Gasteiger partial charge >= 0.3 is 0 Å². The first-order valence-corrected chi connectivity index (χ1v) is 7.51. The average molecular weight is 283 g/mol. The second-order valence-electron chi connectivity index (χ2n) is 5.29. The Morgan fingerprint density at radius 3 is 2.50 bits per heavy atom. The molecule has 0 aliphatic heterocycles. The van der Waals surface area contributed by atoms with E-state index in [1.807, 2.05) is 27.7 Å². The van der Waals surface area contributed by atoms with E-state index in [9.17, 15) is 9.18 Å². The van der Waals surface area contributed by atoms with Gasteiger partial charge in [0.2, 0.25) is 5.91 Å². The van der Waals surface area contributed by atoms with Gasteiger partial charge in [0.05, 0.1) is 11.4 Å². The summed E-state index contributed by atoms with van der Waals surface area (Å²) in [6.45, 7) is 9.54. The molecule has 20 heavy (non-hydrogen) atoms. The van der Waals surface area contributed by atoms with Crippen LogP contribution in [0.4, 0.5) is 4.39 Å². The normalized spacial score (nSPS) is 14.6. The van der Waals surface area contributed by atoms with E-state index in [2.05, 4.69) is 10.4 Å². The second-order valence-corrected chi connectivity index (χ2v) is 5.29. The standard InChI is InChI=1S/C13H20FN3O.C2H6/c1-8(2)13-12(14)9(3)16-17(13)7-11(18)15-10-5-4-6-10;1-2/h8,10H,4-7H2,1-3H3,(H,15,18);1-2H3. The summed E-state index contributed by atoms with van der Waals surface area (Å²) >= 11 is 0. The molecule has 0 saturated heterocycles. The van der Waals surface area contributed by atoms with Crippen LogP contribution in [0.1, 0.15) is 64.3 Å². The highest BCUT2D eigenvalue weighted by Gasteiger charge is 2.22. The predicted octanol–water partition coefficient (Wildman–Crippen LogP) is 3.15. The highest BCUT2D eigenvalue weighted by Crippen LogP contribution is 2.21. The SMILES string of the molecule is CC.Cc1nn(CC(=O)NC2CCC2)c(C(C)C)c1F. The molecule has 114 valence electrons. The molecule has 0 spiro atoms. The van der Waals surface area contributed by atoms with Crippen molar-refractivity contribution in [1.82, 2.24) is 15.1 Å². The van der Waals surface area contributed by atoms with E-state index >= 15 is 0 Å². The molecule has 0 radical (unpaired) electrons. The molecule has 0 unspecified atom stereocenters. The van der Waals surface area contributed by atoms with Crippen LogP contribution in [-0.4, -0.2) is 21.7 Å². The lowest BCUT2D eigenvalue weighted by atomic mass is 9.93. The summed E-state index contributed by atoms with van der Waals surface area (Å²) in [5.74, 6) is -0.353. The van der Waals surface area contributed by atoms with Crippen molar-refractivity contribution < 1.29 is 9.18 Å². The third-order valence-electron chi connectivity index (χ3n) is 3.40. The first-order valence-electron chi connectivity index (χ1n) is 7.51. The maximum absolute atomic E-state index is 13.8. The second kappa shape index (κ2) is 7.41. The van der Waals surface area contributed by atoms with Gasteiger partial charge < -0.3 is 5.32 Å². The Labute approximate surface area is 120 Å². The van der Waals surface area contributed by atoms with E-state index in [1.165, 1.54) is 11.1 Å². The van der Waals surface area contributed by atoms with Crippen molar-refractivity contribution >= 4 is 5.91 Å². The van der Waals surface area contributed by atoms with Gasteiger partial charge in [-0.25, -0.2) is 4.39 Å². The minimum absolute atomic E-state index is 0.0164. The summed E-state index contributed by atoms with van der Waals surface area (Å²) in [5, 5.41) is 7.04. The fraction of sp³-hybridized carbons (Fsp3) is 0.733. The summed E-state index contributed by atoms with van der Waals surface area (Å²) in [4.78, 5) is 11.8. The van der Waals surface area contributed by atoms with E-state index in [-0.39, 0.29) is 24.2 Å². The molecule has 2 rings (SSSR count). The molecule has 0 atom stereocenters.